The monoisotopic (exact) mass is 344 g/mol. The summed E-state index contributed by atoms with van der Waals surface area (Å²) in [5, 5.41) is 3.89. The zero-order valence-electron chi connectivity index (χ0n) is 13.0. The summed E-state index contributed by atoms with van der Waals surface area (Å²) in [6.07, 6.45) is 2.42. The fourth-order valence-electron chi connectivity index (χ4n) is 2.52. The van der Waals surface area contributed by atoms with E-state index in [9.17, 15) is 9.59 Å². The molecule has 2 heterocycles. The lowest BCUT2D eigenvalue weighted by Crippen LogP contribution is -2.48. The van der Waals surface area contributed by atoms with Crippen molar-refractivity contribution in [1.29, 1.82) is 0 Å². The van der Waals surface area contributed by atoms with Crippen LogP contribution in [0.5, 0.6) is 0 Å². The first kappa shape index (κ1) is 16.3. The van der Waals surface area contributed by atoms with Crippen LogP contribution in [0, 0.1) is 0 Å². The highest BCUT2D eigenvalue weighted by molar-refractivity contribution is 6.30. The van der Waals surface area contributed by atoms with Crippen LogP contribution in [0.4, 0.5) is 11.4 Å². The highest BCUT2D eigenvalue weighted by atomic mass is 35.5. The number of nitrogens with zero attached hydrogens (tertiary/aromatic N) is 3. The normalized spacial score (nSPS) is 14.4. The van der Waals surface area contributed by atoms with Crippen molar-refractivity contribution in [3.05, 3.63) is 53.3 Å². The average Bonchev–Trinajstić information content (AvgIpc) is 2.63. The Labute approximate surface area is 145 Å². The molecule has 2 aromatic rings. The van der Waals surface area contributed by atoms with Gasteiger partial charge in [0.05, 0.1) is 0 Å². The number of anilines is 2. The molecule has 0 aliphatic carbocycles. The van der Waals surface area contributed by atoms with Crippen LogP contribution in [0.1, 0.15) is 10.5 Å². The van der Waals surface area contributed by atoms with Gasteiger partial charge in [0, 0.05) is 48.8 Å². The van der Waals surface area contributed by atoms with E-state index in [0.717, 1.165) is 17.8 Å². The highest BCUT2D eigenvalue weighted by Crippen LogP contribution is 2.19. The molecule has 0 bridgehead atoms. The summed E-state index contributed by atoms with van der Waals surface area (Å²) in [5.74, 6) is -0.125. The molecule has 1 aliphatic rings. The van der Waals surface area contributed by atoms with Crippen molar-refractivity contribution < 1.29 is 9.59 Å². The smallest absolute Gasteiger partial charge is 0.272 e. The molecule has 0 radical (unpaired) electrons. The molecule has 1 aromatic carbocycles. The molecule has 1 aromatic heterocycles. The number of carbonyl (C=O) groups is 2. The first-order chi connectivity index (χ1) is 11.7. The topological polar surface area (TPSA) is 65.5 Å². The Hall–Kier alpha value is -2.60. The average molecular weight is 345 g/mol. The van der Waals surface area contributed by atoms with Crippen molar-refractivity contribution in [1.82, 2.24) is 14.8 Å². The first-order valence-corrected chi connectivity index (χ1v) is 8.01. The number of pyridine rings is 1. The van der Waals surface area contributed by atoms with Crippen LogP contribution in [0.15, 0.2) is 42.6 Å². The van der Waals surface area contributed by atoms with Gasteiger partial charge in [-0.25, -0.2) is 0 Å². The summed E-state index contributed by atoms with van der Waals surface area (Å²) in [6.45, 7) is 2.15. The number of carbonyl (C=O) groups excluding carboxylic acids is 2. The molecule has 0 saturated carbocycles. The summed E-state index contributed by atoms with van der Waals surface area (Å²) in [7, 11) is 0. The van der Waals surface area contributed by atoms with E-state index in [1.807, 2.05) is 12.1 Å². The molecular weight excluding hydrogens is 328 g/mol. The van der Waals surface area contributed by atoms with E-state index in [1.54, 1.807) is 40.3 Å². The highest BCUT2D eigenvalue weighted by Gasteiger charge is 2.22. The summed E-state index contributed by atoms with van der Waals surface area (Å²) in [6, 6.07) is 10.8. The van der Waals surface area contributed by atoms with Crippen LogP contribution in [0.25, 0.3) is 0 Å². The Morgan fingerprint density at radius 1 is 1.08 bits per heavy atom. The summed E-state index contributed by atoms with van der Waals surface area (Å²) in [5.41, 5.74) is 2.04. The summed E-state index contributed by atoms with van der Waals surface area (Å²) < 4.78 is 0. The minimum atomic E-state index is -0.125. The van der Waals surface area contributed by atoms with Gasteiger partial charge in [0.15, 0.2) is 0 Å². The van der Waals surface area contributed by atoms with Crippen molar-refractivity contribution in [3.8, 4) is 0 Å². The molecule has 0 spiro atoms. The Bertz CT molecular complexity index is 728. The third-order valence-corrected chi connectivity index (χ3v) is 4.11. The van der Waals surface area contributed by atoms with Crippen molar-refractivity contribution >= 4 is 35.3 Å². The van der Waals surface area contributed by atoms with Gasteiger partial charge in [-0.3, -0.25) is 14.6 Å². The second-order valence-electron chi connectivity index (χ2n) is 5.50. The SMILES string of the molecule is O=CN1CCN(C(=O)c2cc(Nc3ccc(Cl)cc3)ccn2)CC1. The van der Waals surface area contributed by atoms with Crippen LogP contribution in [0.2, 0.25) is 5.02 Å². The molecule has 1 fully saturated rings. The maximum Gasteiger partial charge on any atom is 0.272 e. The summed E-state index contributed by atoms with van der Waals surface area (Å²) >= 11 is 5.88. The standard InChI is InChI=1S/C17H17ClN4O2/c18-13-1-3-14(4-2-13)20-15-5-6-19-16(11-15)17(24)22-9-7-21(12-23)8-10-22/h1-6,11-12H,7-10H2,(H,19,20). The Morgan fingerprint density at radius 2 is 1.79 bits per heavy atom. The van der Waals surface area contributed by atoms with E-state index in [4.69, 9.17) is 11.6 Å². The van der Waals surface area contributed by atoms with Crippen molar-refractivity contribution in [2.75, 3.05) is 31.5 Å². The molecular formula is C17H17ClN4O2. The van der Waals surface area contributed by atoms with Crippen LogP contribution in [0.3, 0.4) is 0 Å². The molecule has 3 rings (SSSR count). The van der Waals surface area contributed by atoms with Gasteiger partial charge in [-0.1, -0.05) is 11.6 Å². The predicted octanol–water partition coefficient (Wildman–Crippen LogP) is 2.39. The number of nitrogens with one attached hydrogen (secondary N) is 1. The molecule has 7 heteroatoms. The first-order valence-electron chi connectivity index (χ1n) is 7.63. The van der Waals surface area contributed by atoms with Gasteiger partial charge in [0.2, 0.25) is 6.41 Å². The number of benzene rings is 1. The maximum atomic E-state index is 12.6. The predicted molar refractivity (Wildman–Crippen MR) is 92.5 cm³/mol. The fraction of sp³-hybridized carbons (Fsp3) is 0.235. The molecule has 6 nitrogen and oxygen atoms in total. The molecule has 1 saturated heterocycles. The van der Waals surface area contributed by atoms with Gasteiger partial charge in [-0.05, 0) is 36.4 Å². The van der Waals surface area contributed by atoms with E-state index in [1.165, 1.54) is 0 Å². The van der Waals surface area contributed by atoms with Crippen molar-refractivity contribution in [2.45, 2.75) is 0 Å². The van der Waals surface area contributed by atoms with E-state index in [0.29, 0.717) is 36.9 Å². The second kappa shape index (κ2) is 7.31. The molecule has 124 valence electrons. The maximum absolute atomic E-state index is 12.6. The lowest BCUT2D eigenvalue weighted by Gasteiger charge is -2.32. The number of halogens is 1. The van der Waals surface area contributed by atoms with E-state index < -0.39 is 0 Å². The number of rotatable bonds is 4. The molecule has 1 N–H and O–H groups in total. The zero-order valence-corrected chi connectivity index (χ0v) is 13.7. The minimum absolute atomic E-state index is 0.125. The number of hydrogen-bond donors (Lipinski definition) is 1. The van der Waals surface area contributed by atoms with Crippen molar-refractivity contribution in [2.24, 2.45) is 0 Å². The van der Waals surface area contributed by atoms with Crippen molar-refractivity contribution in [3.63, 3.8) is 0 Å². The summed E-state index contributed by atoms with van der Waals surface area (Å²) in [4.78, 5) is 30.8. The molecule has 24 heavy (non-hydrogen) atoms. The largest absolute Gasteiger partial charge is 0.355 e. The lowest BCUT2D eigenvalue weighted by atomic mass is 10.2. The lowest BCUT2D eigenvalue weighted by molar-refractivity contribution is -0.119. The number of aromatic nitrogens is 1. The van der Waals surface area contributed by atoms with E-state index >= 15 is 0 Å². The van der Waals surface area contributed by atoms with Crippen LogP contribution in [-0.4, -0.2) is 53.3 Å². The third kappa shape index (κ3) is 3.83. The molecule has 1 aliphatic heterocycles. The molecule has 0 unspecified atom stereocenters. The van der Waals surface area contributed by atoms with Crippen LogP contribution >= 0.6 is 11.6 Å². The second-order valence-corrected chi connectivity index (χ2v) is 5.93. The van der Waals surface area contributed by atoms with Gasteiger partial charge in [-0.15, -0.1) is 0 Å². The van der Waals surface area contributed by atoms with Gasteiger partial charge in [0.1, 0.15) is 5.69 Å². The Balaban J connectivity index is 1.69. The Kier molecular flexibility index (Phi) is 4.96. The van der Waals surface area contributed by atoms with Gasteiger partial charge >= 0.3 is 0 Å². The van der Waals surface area contributed by atoms with Gasteiger partial charge < -0.3 is 15.1 Å². The quantitative estimate of drug-likeness (QED) is 0.865. The zero-order chi connectivity index (χ0) is 16.9. The van der Waals surface area contributed by atoms with E-state index in [-0.39, 0.29) is 5.91 Å². The molecule has 0 atom stereocenters. The third-order valence-electron chi connectivity index (χ3n) is 3.86. The minimum Gasteiger partial charge on any atom is -0.355 e. The number of hydrogen-bond acceptors (Lipinski definition) is 4. The molecule has 2 amide bonds. The fourth-order valence-corrected chi connectivity index (χ4v) is 2.64. The number of amides is 2. The van der Waals surface area contributed by atoms with Crippen LogP contribution < -0.4 is 5.32 Å². The van der Waals surface area contributed by atoms with E-state index in [2.05, 4.69) is 10.3 Å². The van der Waals surface area contributed by atoms with Gasteiger partial charge in [0.25, 0.3) is 5.91 Å². The number of piperazine rings is 1. The van der Waals surface area contributed by atoms with Crippen LogP contribution in [-0.2, 0) is 4.79 Å². The van der Waals surface area contributed by atoms with Gasteiger partial charge in [-0.2, -0.15) is 0 Å². The Morgan fingerprint density at radius 3 is 2.46 bits per heavy atom.